The molecule has 19 heavy (non-hydrogen) atoms. The highest BCUT2D eigenvalue weighted by atomic mass is 15.3. The van der Waals surface area contributed by atoms with E-state index in [0.717, 1.165) is 23.5 Å². The van der Waals surface area contributed by atoms with E-state index in [2.05, 4.69) is 28.9 Å². The summed E-state index contributed by atoms with van der Waals surface area (Å²) < 4.78 is 1.99. The highest BCUT2D eigenvalue weighted by Crippen LogP contribution is 2.14. The lowest BCUT2D eigenvalue weighted by Crippen LogP contribution is -2.16. The zero-order chi connectivity index (χ0) is 13.8. The normalized spacial score (nSPS) is 14.3. The van der Waals surface area contributed by atoms with Crippen molar-refractivity contribution in [2.45, 2.75) is 45.7 Å². The molecular weight excluding hydrogens is 238 g/mol. The molecule has 5 heteroatoms. The van der Waals surface area contributed by atoms with Crippen LogP contribution in [0.2, 0.25) is 0 Å². The first kappa shape index (κ1) is 13.7. The van der Waals surface area contributed by atoms with Crippen molar-refractivity contribution < 1.29 is 0 Å². The number of aromatic nitrogens is 4. The highest BCUT2D eigenvalue weighted by Gasteiger charge is 2.12. The summed E-state index contributed by atoms with van der Waals surface area (Å²) >= 11 is 0. The molecule has 0 saturated carbocycles. The average Bonchev–Trinajstić information content (AvgIpc) is 2.87. The molecule has 0 aliphatic rings. The van der Waals surface area contributed by atoms with Crippen molar-refractivity contribution in [3.05, 3.63) is 41.7 Å². The Morgan fingerprint density at radius 1 is 1.32 bits per heavy atom. The molecule has 2 rings (SSSR count). The van der Waals surface area contributed by atoms with Gasteiger partial charge in [0, 0.05) is 24.9 Å². The van der Waals surface area contributed by atoms with E-state index in [0.29, 0.717) is 12.5 Å². The van der Waals surface area contributed by atoms with Crippen molar-refractivity contribution in [2.75, 3.05) is 0 Å². The summed E-state index contributed by atoms with van der Waals surface area (Å²) in [6.45, 7) is 6.22. The third-order valence-corrected chi connectivity index (χ3v) is 3.32. The van der Waals surface area contributed by atoms with E-state index in [4.69, 9.17) is 5.73 Å². The Morgan fingerprint density at radius 2 is 2.11 bits per heavy atom. The van der Waals surface area contributed by atoms with Gasteiger partial charge in [-0.15, -0.1) is 0 Å². The molecule has 2 N–H and O–H groups in total. The summed E-state index contributed by atoms with van der Waals surface area (Å²) in [7, 11) is 0. The number of rotatable bonds is 5. The maximum Gasteiger partial charge on any atom is 0.0758 e. The molecule has 102 valence electrons. The molecule has 0 saturated heterocycles. The minimum absolute atomic E-state index is 0.159. The van der Waals surface area contributed by atoms with Crippen molar-refractivity contribution in [2.24, 2.45) is 5.73 Å². The van der Waals surface area contributed by atoms with Crippen LogP contribution < -0.4 is 5.73 Å². The Kier molecular flexibility index (Phi) is 4.27. The van der Waals surface area contributed by atoms with Crippen LogP contribution in [0.15, 0.2) is 24.7 Å². The maximum atomic E-state index is 6.14. The monoisotopic (exact) mass is 259 g/mol. The fourth-order valence-corrected chi connectivity index (χ4v) is 1.84. The van der Waals surface area contributed by atoms with Crippen molar-refractivity contribution >= 4 is 0 Å². The third-order valence-electron chi connectivity index (χ3n) is 3.32. The molecule has 2 atom stereocenters. The maximum absolute atomic E-state index is 6.14. The van der Waals surface area contributed by atoms with Crippen LogP contribution >= 0.6 is 0 Å². The molecule has 0 radical (unpaired) electrons. The molecule has 0 aliphatic carbocycles. The van der Waals surface area contributed by atoms with Crippen molar-refractivity contribution in [1.82, 2.24) is 19.7 Å². The molecule has 0 amide bonds. The summed E-state index contributed by atoms with van der Waals surface area (Å²) in [5.74, 6) is 0. The van der Waals surface area contributed by atoms with Gasteiger partial charge in [-0.1, -0.05) is 6.92 Å². The Hall–Kier alpha value is -1.75. The van der Waals surface area contributed by atoms with Gasteiger partial charge in [-0.25, -0.2) is 0 Å². The van der Waals surface area contributed by atoms with E-state index in [-0.39, 0.29) is 6.04 Å². The van der Waals surface area contributed by atoms with Gasteiger partial charge in [0.15, 0.2) is 0 Å². The summed E-state index contributed by atoms with van der Waals surface area (Å²) in [4.78, 5) is 8.53. The lowest BCUT2D eigenvalue weighted by Gasteiger charge is -2.10. The molecule has 2 aromatic heterocycles. The molecule has 0 fully saturated rings. The van der Waals surface area contributed by atoms with Crippen molar-refractivity contribution in [3.63, 3.8) is 0 Å². The Bertz CT molecular complexity index is 517. The Labute approximate surface area is 113 Å². The van der Waals surface area contributed by atoms with Crippen LogP contribution in [0.4, 0.5) is 0 Å². The predicted molar refractivity (Wildman–Crippen MR) is 74.6 cm³/mol. The van der Waals surface area contributed by atoms with Gasteiger partial charge in [0.25, 0.3) is 0 Å². The molecular formula is C14H21N5. The number of nitrogens with zero attached hydrogens (tertiary/aromatic N) is 4. The van der Waals surface area contributed by atoms with E-state index in [9.17, 15) is 0 Å². The predicted octanol–water partition coefficient (Wildman–Crippen LogP) is 2.20. The Morgan fingerprint density at radius 3 is 2.74 bits per heavy atom. The van der Waals surface area contributed by atoms with E-state index in [1.165, 1.54) is 0 Å². The number of aryl methyl sites for hydroxylation is 1. The van der Waals surface area contributed by atoms with Gasteiger partial charge in [0.2, 0.25) is 0 Å². The topological polar surface area (TPSA) is 69.6 Å². The lowest BCUT2D eigenvalue weighted by molar-refractivity contribution is 0.471. The number of hydrogen-bond acceptors (Lipinski definition) is 4. The largest absolute Gasteiger partial charge is 0.322 e. The van der Waals surface area contributed by atoms with Crippen LogP contribution in [0.1, 0.15) is 49.4 Å². The average molecular weight is 259 g/mol. The Balaban J connectivity index is 2.04. The van der Waals surface area contributed by atoms with Gasteiger partial charge in [-0.05, 0) is 26.3 Å². The van der Waals surface area contributed by atoms with Gasteiger partial charge in [-0.2, -0.15) is 5.10 Å². The van der Waals surface area contributed by atoms with E-state index >= 15 is 0 Å². The minimum atomic E-state index is -0.159. The first-order chi connectivity index (χ1) is 9.10. The first-order valence-corrected chi connectivity index (χ1v) is 6.68. The van der Waals surface area contributed by atoms with Crippen LogP contribution in [-0.4, -0.2) is 19.7 Å². The van der Waals surface area contributed by atoms with E-state index in [1.807, 2.05) is 23.9 Å². The van der Waals surface area contributed by atoms with Crippen LogP contribution in [0.5, 0.6) is 0 Å². The van der Waals surface area contributed by atoms with Gasteiger partial charge in [0.1, 0.15) is 0 Å². The third kappa shape index (κ3) is 3.38. The summed E-state index contributed by atoms with van der Waals surface area (Å²) in [5.41, 5.74) is 8.85. The second-order valence-electron chi connectivity index (χ2n) is 4.94. The van der Waals surface area contributed by atoms with Gasteiger partial charge in [0.05, 0.1) is 29.3 Å². The fraction of sp³-hybridized carbons (Fsp3) is 0.500. The smallest absolute Gasteiger partial charge is 0.0758 e. The molecule has 0 aromatic carbocycles. The molecule has 2 unspecified atom stereocenters. The fourth-order valence-electron chi connectivity index (χ4n) is 1.84. The molecule has 5 nitrogen and oxygen atoms in total. The lowest BCUT2D eigenvalue weighted by atomic mass is 10.1. The van der Waals surface area contributed by atoms with Crippen molar-refractivity contribution in [3.8, 4) is 0 Å². The van der Waals surface area contributed by atoms with Gasteiger partial charge < -0.3 is 5.73 Å². The second kappa shape index (κ2) is 5.93. The molecule has 0 aliphatic heterocycles. The summed E-state index contributed by atoms with van der Waals surface area (Å²) in [6, 6.07) is 2.28. The van der Waals surface area contributed by atoms with E-state index in [1.54, 1.807) is 12.4 Å². The van der Waals surface area contributed by atoms with Gasteiger partial charge in [-0.3, -0.25) is 14.6 Å². The minimum Gasteiger partial charge on any atom is -0.322 e. The highest BCUT2D eigenvalue weighted by molar-refractivity contribution is 5.10. The SMILES string of the molecule is CCC(C)n1ccc(CC(N)c2cnc(C)cn2)n1. The van der Waals surface area contributed by atoms with Crippen LogP contribution in [-0.2, 0) is 6.42 Å². The second-order valence-corrected chi connectivity index (χ2v) is 4.94. The molecule has 0 bridgehead atoms. The quantitative estimate of drug-likeness (QED) is 0.893. The standard InChI is InChI=1S/C14H21N5/c1-4-11(3)19-6-5-12(18-19)7-13(15)14-9-16-10(2)8-17-14/h5-6,8-9,11,13H,4,7,15H2,1-3H3. The van der Waals surface area contributed by atoms with Crippen LogP contribution in [0, 0.1) is 6.92 Å². The van der Waals surface area contributed by atoms with Gasteiger partial charge >= 0.3 is 0 Å². The molecule has 2 aromatic rings. The molecule has 0 spiro atoms. The van der Waals surface area contributed by atoms with Crippen LogP contribution in [0.25, 0.3) is 0 Å². The van der Waals surface area contributed by atoms with Crippen LogP contribution in [0.3, 0.4) is 0 Å². The zero-order valence-corrected chi connectivity index (χ0v) is 11.7. The van der Waals surface area contributed by atoms with Crippen molar-refractivity contribution in [1.29, 1.82) is 0 Å². The zero-order valence-electron chi connectivity index (χ0n) is 11.7. The molecule has 2 heterocycles. The van der Waals surface area contributed by atoms with E-state index < -0.39 is 0 Å². The summed E-state index contributed by atoms with van der Waals surface area (Å²) in [5, 5.41) is 4.55. The first-order valence-electron chi connectivity index (χ1n) is 6.68. The number of hydrogen-bond donors (Lipinski definition) is 1. The summed E-state index contributed by atoms with van der Waals surface area (Å²) in [6.07, 6.45) is 7.24. The number of nitrogens with two attached hydrogens (primary N) is 1.